The maximum atomic E-state index is 5.68. The summed E-state index contributed by atoms with van der Waals surface area (Å²) in [6.07, 6.45) is 2.86. The topological polar surface area (TPSA) is 65.5 Å². The number of methoxy groups -OCH3 is 1. The maximum absolute atomic E-state index is 5.68. The van der Waals surface area contributed by atoms with Gasteiger partial charge in [-0.25, -0.2) is 9.97 Å². The van der Waals surface area contributed by atoms with Gasteiger partial charge in [0.1, 0.15) is 5.75 Å². The Morgan fingerprint density at radius 2 is 2.07 bits per heavy atom. The molecule has 2 N–H and O–H groups in total. The fourth-order valence-corrected chi connectivity index (χ4v) is 3.75. The van der Waals surface area contributed by atoms with E-state index in [1.807, 2.05) is 12.3 Å². The van der Waals surface area contributed by atoms with E-state index in [0.29, 0.717) is 5.95 Å². The molecule has 0 atom stereocenters. The Morgan fingerprint density at radius 1 is 1.22 bits per heavy atom. The number of likely N-dealkylation sites (N-methyl/N-ethyl adjacent to an activating group) is 1. The summed E-state index contributed by atoms with van der Waals surface area (Å²) < 4.78 is 5.68. The Balaban J connectivity index is 1.50. The van der Waals surface area contributed by atoms with Gasteiger partial charge in [-0.15, -0.1) is 0 Å². The van der Waals surface area contributed by atoms with Gasteiger partial charge in [-0.2, -0.15) is 0 Å². The van der Waals surface area contributed by atoms with Crippen LogP contribution in [0.1, 0.15) is 18.2 Å². The predicted octanol–water partition coefficient (Wildman–Crippen LogP) is 2.02. The van der Waals surface area contributed by atoms with Crippen molar-refractivity contribution in [3.63, 3.8) is 0 Å². The first kappa shape index (κ1) is 18.0. The lowest BCUT2D eigenvalue weighted by Gasteiger charge is -2.36. The van der Waals surface area contributed by atoms with Crippen molar-refractivity contribution in [1.82, 2.24) is 20.2 Å². The molecule has 0 radical (unpaired) electrons. The molecule has 1 aromatic carbocycles. The van der Waals surface area contributed by atoms with Crippen LogP contribution >= 0.6 is 0 Å². The second-order valence-electron chi connectivity index (χ2n) is 7.03. The molecule has 2 aromatic rings. The van der Waals surface area contributed by atoms with E-state index >= 15 is 0 Å². The molecule has 3 heterocycles. The zero-order valence-electron chi connectivity index (χ0n) is 16.2. The Hall–Kier alpha value is -2.38. The Kier molecular flexibility index (Phi) is 5.40. The molecule has 1 saturated heterocycles. The van der Waals surface area contributed by atoms with Crippen LogP contribution in [-0.4, -0.2) is 61.2 Å². The van der Waals surface area contributed by atoms with Crippen LogP contribution in [0.3, 0.4) is 0 Å². The van der Waals surface area contributed by atoms with Gasteiger partial charge in [0.2, 0.25) is 5.95 Å². The lowest BCUT2D eigenvalue weighted by molar-refractivity contribution is 0.270. The molecule has 7 heteroatoms. The van der Waals surface area contributed by atoms with Gasteiger partial charge in [0.05, 0.1) is 18.5 Å². The molecule has 2 aliphatic rings. The number of nitrogens with zero attached hydrogens (tertiary/aromatic N) is 4. The summed E-state index contributed by atoms with van der Waals surface area (Å²) in [6.45, 7) is 9.40. The van der Waals surface area contributed by atoms with Gasteiger partial charge >= 0.3 is 0 Å². The van der Waals surface area contributed by atoms with Crippen molar-refractivity contribution in [3.05, 3.63) is 35.7 Å². The molecule has 144 valence electrons. The van der Waals surface area contributed by atoms with E-state index in [1.54, 1.807) is 7.11 Å². The smallest absolute Gasteiger partial charge is 0.227 e. The van der Waals surface area contributed by atoms with Crippen LogP contribution in [0.5, 0.6) is 5.75 Å². The summed E-state index contributed by atoms with van der Waals surface area (Å²) in [7, 11) is 1.73. The fourth-order valence-electron chi connectivity index (χ4n) is 3.75. The number of fused-ring (bicyclic) bond motifs is 1. The van der Waals surface area contributed by atoms with Gasteiger partial charge < -0.3 is 25.2 Å². The summed E-state index contributed by atoms with van der Waals surface area (Å²) in [5.74, 6) is 1.52. The predicted molar refractivity (Wildman–Crippen MR) is 108 cm³/mol. The van der Waals surface area contributed by atoms with Gasteiger partial charge in [0.25, 0.3) is 0 Å². The summed E-state index contributed by atoms with van der Waals surface area (Å²) in [5, 5.41) is 6.67. The van der Waals surface area contributed by atoms with Crippen molar-refractivity contribution in [2.45, 2.75) is 19.9 Å². The second-order valence-corrected chi connectivity index (χ2v) is 7.03. The SMILES string of the molecule is CCN1CCN(c2ccc(Nc3ncc4c(n3)CCNC4)cc2OC)CC1. The molecule has 1 fully saturated rings. The first-order valence-corrected chi connectivity index (χ1v) is 9.74. The molecule has 27 heavy (non-hydrogen) atoms. The molecule has 0 saturated carbocycles. The third kappa shape index (κ3) is 3.99. The average Bonchev–Trinajstić information content (AvgIpc) is 2.73. The molecule has 0 amide bonds. The van der Waals surface area contributed by atoms with Crippen molar-refractivity contribution in [2.75, 3.05) is 56.6 Å². The van der Waals surface area contributed by atoms with E-state index in [9.17, 15) is 0 Å². The molecule has 0 unspecified atom stereocenters. The fraction of sp³-hybridized carbons (Fsp3) is 0.500. The van der Waals surface area contributed by atoms with Crippen LogP contribution in [0.4, 0.5) is 17.3 Å². The number of benzene rings is 1. The molecule has 0 spiro atoms. The second kappa shape index (κ2) is 8.10. The van der Waals surface area contributed by atoms with E-state index in [4.69, 9.17) is 4.74 Å². The summed E-state index contributed by atoms with van der Waals surface area (Å²) in [5.41, 5.74) is 4.41. The van der Waals surface area contributed by atoms with Crippen LogP contribution < -0.4 is 20.3 Å². The van der Waals surface area contributed by atoms with Crippen molar-refractivity contribution in [1.29, 1.82) is 0 Å². The van der Waals surface area contributed by atoms with Crippen LogP contribution in [0.15, 0.2) is 24.4 Å². The van der Waals surface area contributed by atoms with Crippen molar-refractivity contribution >= 4 is 17.3 Å². The monoisotopic (exact) mass is 368 g/mol. The van der Waals surface area contributed by atoms with Crippen LogP contribution in [0, 0.1) is 0 Å². The Labute approximate surface area is 160 Å². The van der Waals surface area contributed by atoms with Gasteiger partial charge in [-0.3, -0.25) is 0 Å². The molecule has 0 aliphatic carbocycles. The van der Waals surface area contributed by atoms with Gasteiger partial charge in [-0.05, 0) is 18.7 Å². The Bertz CT molecular complexity index is 788. The number of hydrogen-bond donors (Lipinski definition) is 2. The highest BCUT2D eigenvalue weighted by molar-refractivity contribution is 5.67. The van der Waals surface area contributed by atoms with Crippen molar-refractivity contribution in [2.24, 2.45) is 0 Å². The molecular weight excluding hydrogens is 340 g/mol. The lowest BCUT2D eigenvalue weighted by Crippen LogP contribution is -2.46. The van der Waals surface area contributed by atoms with Gasteiger partial charge in [-0.1, -0.05) is 6.92 Å². The van der Waals surface area contributed by atoms with Crippen LogP contribution in [-0.2, 0) is 13.0 Å². The van der Waals surface area contributed by atoms with Crippen LogP contribution in [0.2, 0.25) is 0 Å². The van der Waals surface area contributed by atoms with E-state index in [0.717, 1.165) is 75.1 Å². The minimum absolute atomic E-state index is 0.641. The lowest BCUT2D eigenvalue weighted by atomic mass is 10.1. The zero-order valence-corrected chi connectivity index (χ0v) is 16.2. The molecule has 7 nitrogen and oxygen atoms in total. The van der Waals surface area contributed by atoms with Crippen LogP contribution in [0.25, 0.3) is 0 Å². The largest absolute Gasteiger partial charge is 0.495 e. The minimum Gasteiger partial charge on any atom is -0.495 e. The molecular formula is C20H28N6O. The third-order valence-electron chi connectivity index (χ3n) is 5.40. The third-order valence-corrected chi connectivity index (χ3v) is 5.40. The summed E-state index contributed by atoms with van der Waals surface area (Å²) >= 11 is 0. The number of anilines is 3. The highest BCUT2D eigenvalue weighted by Gasteiger charge is 2.19. The quantitative estimate of drug-likeness (QED) is 0.837. The zero-order chi connectivity index (χ0) is 18.6. The number of aromatic nitrogens is 2. The van der Waals surface area contributed by atoms with E-state index < -0.39 is 0 Å². The Morgan fingerprint density at radius 3 is 2.85 bits per heavy atom. The molecule has 1 aromatic heterocycles. The van der Waals surface area contributed by atoms with Crippen molar-refractivity contribution < 1.29 is 4.74 Å². The van der Waals surface area contributed by atoms with Gasteiger partial charge in [0.15, 0.2) is 0 Å². The maximum Gasteiger partial charge on any atom is 0.227 e. The van der Waals surface area contributed by atoms with E-state index in [1.165, 1.54) is 5.56 Å². The van der Waals surface area contributed by atoms with Crippen molar-refractivity contribution in [3.8, 4) is 5.75 Å². The highest BCUT2D eigenvalue weighted by atomic mass is 16.5. The number of piperazine rings is 1. The minimum atomic E-state index is 0.641. The van der Waals surface area contributed by atoms with E-state index in [-0.39, 0.29) is 0 Å². The first-order chi connectivity index (χ1) is 13.3. The molecule has 0 bridgehead atoms. The van der Waals surface area contributed by atoms with E-state index in [2.05, 4.69) is 49.5 Å². The standard InChI is InChI=1S/C20H28N6O/c1-3-25-8-10-26(11-9-25)18-5-4-16(12-19(18)27-2)23-20-22-14-15-13-21-7-6-17(15)24-20/h4-5,12,14,21H,3,6-11,13H2,1-2H3,(H,22,23,24). The summed E-state index contributed by atoms with van der Waals surface area (Å²) in [6, 6.07) is 6.24. The summed E-state index contributed by atoms with van der Waals surface area (Å²) in [4.78, 5) is 14.0. The number of nitrogens with one attached hydrogen (secondary N) is 2. The highest BCUT2D eigenvalue weighted by Crippen LogP contribution is 2.32. The molecule has 4 rings (SSSR count). The number of ether oxygens (including phenoxy) is 1. The first-order valence-electron chi connectivity index (χ1n) is 9.74. The normalized spacial score (nSPS) is 17.5. The molecule has 2 aliphatic heterocycles. The number of rotatable bonds is 5. The van der Waals surface area contributed by atoms with Gasteiger partial charge in [0, 0.05) is 69.2 Å². The number of hydrogen-bond acceptors (Lipinski definition) is 7. The average molecular weight is 368 g/mol.